The number of rotatable bonds is 7. The van der Waals surface area contributed by atoms with Crippen LogP contribution >= 0.6 is 0 Å². The molecule has 2 aromatic rings. The van der Waals surface area contributed by atoms with E-state index in [0.717, 1.165) is 31.6 Å². The molecule has 0 radical (unpaired) electrons. The van der Waals surface area contributed by atoms with Gasteiger partial charge in [0, 0.05) is 32.7 Å². The first-order valence-electron chi connectivity index (χ1n) is 11.1. The van der Waals surface area contributed by atoms with Crippen molar-refractivity contribution in [2.75, 3.05) is 33.3 Å². The predicted octanol–water partition coefficient (Wildman–Crippen LogP) is 3.32. The van der Waals surface area contributed by atoms with Gasteiger partial charge in [-0.05, 0) is 42.2 Å². The maximum Gasteiger partial charge on any atom is 0.255 e. The van der Waals surface area contributed by atoms with Gasteiger partial charge >= 0.3 is 0 Å². The van der Waals surface area contributed by atoms with E-state index in [9.17, 15) is 14.0 Å². The van der Waals surface area contributed by atoms with Crippen LogP contribution in [0.15, 0.2) is 48.5 Å². The summed E-state index contributed by atoms with van der Waals surface area (Å²) in [5.74, 6) is -0.198. The lowest BCUT2D eigenvalue weighted by Gasteiger charge is -2.29. The standard InChI is InChI=1S/C25H32FN3O3/c1-18(2)23(27-24(30)21-7-4-5-8-22(21)32-3)25(31)29-14-6-13-28(15-16-29)17-19-9-11-20(26)12-10-19/h4-5,7-12,18,23H,6,13-17H2,1-3H3,(H,27,30). The molecule has 2 aromatic carbocycles. The Bertz CT molecular complexity index is 917. The lowest BCUT2D eigenvalue weighted by Crippen LogP contribution is -2.52. The predicted molar refractivity (Wildman–Crippen MR) is 122 cm³/mol. The van der Waals surface area contributed by atoms with E-state index in [1.807, 2.05) is 18.7 Å². The molecule has 0 bridgehead atoms. The number of benzene rings is 2. The number of hydrogen-bond acceptors (Lipinski definition) is 4. The highest BCUT2D eigenvalue weighted by molar-refractivity contribution is 5.99. The van der Waals surface area contributed by atoms with Crippen LogP contribution in [-0.2, 0) is 11.3 Å². The van der Waals surface area contributed by atoms with Crippen molar-refractivity contribution in [3.63, 3.8) is 0 Å². The van der Waals surface area contributed by atoms with Gasteiger partial charge in [-0.2, -0.15) is 0 Å². The number of ether oxygens (including phenoxy) is 1. The van der Waals surface area contributed by atoms with E-state index < -0.39 is 6.04 Å². The van der Waals surface area contributed by atoms with Crippen molar-refractivity contribution < 1.29 is 18.7 Å². The quantitative estimate of drug-likeness (QED) is 0.716. The van der Waals surface area contributed by atoms with Crippen molar-refractivity contribution >= 4 is 11.8 Å². The van der Waals surface area contributed by atoms with Crippen LogP contribution < -0.4 is 10.1 Å². The number of carbonyl (C=O) groups excluding carboxylic acids is 2. The molecule has 1 unspecified atom stereocenters. The highest BCUT2D eigenvalue weighted by atomic mass is 19.1. The summed E-state index contributed by atoms with van der Waals surface area (Å²) in [5, 5.41) is 2.92. The SMILES string of the molecule is COc1ccccc1C(=O)NC(C(=O)N1CCCN(Cc2ccc(F)cc2)CC1)C(C)C. The third kappa shape index (κ3) is 6.07. The maximum atomic E-state index is 13.3. The first-order valence-corrected chi connectivity index (χ1v) is 11.1. The molecule has 32 heavy (non-hydrogen) atoms. The van der Waals surface area contributed by atoms with Crippen LogP contribution in [0.5, 0.6) is 5.75 Å². The van der Waals surface area contributed by atoms with Gasteiger partial charge in [-0.3, -0.25) is 14.5 Å². The molecule has 1 fully saturated rings. The molecule has 6 nitrogen and oxygen atoms in total. The molecule has 7 heteroatoms. The highest BCUT2D eigenvalue weighted by Gasteiger charge is 2.30. The first kappa shape index (κ1) is 23.7. The monoisotopic (exact) mass is 441 g/mol. The van der Waals surface area contributed by atoms with E-state index in [-0.39, 0.29) is 23.5 Å². The Kier molecular flexibility index (Phi) is 8.22. The van der Waals surface area contributed by atoms with Gasteiger partial charge in [-0.25, -0.2) is 4.39 Å². The first-order chi connectivity index (χ1) is 15.4. The maximum absolute atomic E-state index is 13.3. The number of hydrogen-bond donors (Lipinski definition) is 1. The molecule has 0 aliphatic carbocycles. The largest absolute Gasteiger partial charge is 0.496 e. The fourth-order valence-electron chi connectivity index (χ4n) is 3.96. The van der Waals surface area contributed by atoms with Gasteiger partial charge < -0.3 is 15.0 Å². The van der Waals surface area contributed by atoms with E-state index in [4.69, 9.17) is 4.74 Å². The van der Waals surface area contributed by atoms with Gasteiger partial charge in [-0.15, -0.1) is 0 Å². The van der Waals surface area contributed by atoms with Gasteiger partial charge in [0.25, 0.3) is 5.91 Å². The smallest absolute Gasteiger partial charge is 0.255 e. The fourth-order valence-corrected chi connectivity index (χ4v) is 3.96. The van der Waals surface area contributed by atoms with Crippen LogP contribution in [0.4, 0.5) is 4.39 Å². The van der Waals surface area contributed by atoms with Crippen LogP contribution in [0.2, 0.25) is 0 Å². The summed E-state index contributed by atoms with van der Waals surface area (Å²) in [4.78, 5) is 30.3. The lowest BCUT2D eigenvalue weighted by molar-refractivity contribution is -0.134. The highest BCUT2D eigenvalue weighted by Crippen LogP contribution is 2.19. The molecular formula is C25H32FN3O3. The Morgan fingerprint density at radius 3 is 2.44 bits per heavy atom. The van der Waals surface area contributed by atoms with E-state index in [0.29, 0.717) is 24.4 Å². The molecule has 2 amide bonds. The lowest BCUT2D eigenvalue weighted by atomic mass is 10.0. The molecular weight excluding hydrogens is 409 g/mol. The van der Waals surface area contributed by atoms with E-state index >= 15 is 0 Å². The van der Waals surface area contributed by atoms with Gasteiger partial charge in [0.15, 0.2) is 0 Å². The summed E-state index contributed by atoms with van der Waals surface area (Å²) in [6.07, 6.45) is 0.845. The number of nitrogens with zero attached hydrogens (tertiary/aromatic N) is 2. The Labute approximate surface area is 189 Å². The third-order valence-electron chi connectivity index (χ3n) is 5.79. The second kappa shape index (κ2) is 11.1. The van der Waals surface area contributed by atoms with Crippen molar-refractivity contribution in [1.29, 1.82) is 0 Å². The van der Waals surface area contributed by atoms with Crippen LogP contribution in [0.3, 0.4) is 0 Å². The summed E-state index contributed by atoms with van der Waals surface area (Å²) in [7, 11) is 1.52. The van der Waals surface area contributed by atoms with Crippen LogP contribution in [0, 0.1) is 11.7 Å². The second-order valence-electron chi connectivity index (χ2n) is 8.48. The average Bonchev–Trinajstić information content (AvgIpc) is 3.03. The van der Waals surface area contributed by atoms with E-state index in [1.165, 1.54) is 19.2 Å². The summed E-state index contributed by atoms with van der Waals surface area (Å²) in [5.41, 5.74) is 1.46. The van der Waals surface area contributed by atoms with Crippen LogP contribution in [-0.4, -0.2) is 60.9 Å². The molecule has 0 spiro atoms. The normalized spacial score (nSPS) is 15.8. The summed E-state index contributed by atoms with van der Waals surface area (Å²) in [6, 6.07) is 12.9. The molecule has 1 aliphatic rings. The fraction of sp³-hybridized carbons (Fsp3) is 0.440. The van der Waals surface area contributed by atoms with E-state index in [2.05, 4.69) is 10.2 Å². The number of nitrogens with one attached hydrogen (secondary N) is 1. The van der Waals surface area contributed by atoms with Gasteiger partial charge in [0.1, 0.15) is 17.6 Å². The van der Waals surface area contributed by atoms with Crippen molar-refractivity contribution in [3.8, 4) is 5.75 Å². The summed E-state index contributed by atoms with van der Waals surface area (Å²) >= 11 is 0. The van der Waals surface area contributed by atoms with Gasteiger partial charge in [0.2, 0.25) is 5.91 Å². The van der Waals surface area contributed by atoms with Crippen LogP contribution in [0.1, 0.15) is 36.2 Å². The minimum Gasteiger partial charge on any atom is -0.496 e. The van der Waals surface area contributed by atoms with Gasteiger partial charge in [-0.1, -0.05) is 38.1 Å². The number of amides is 2. The third-order valence-corrected chi connectivity index (χ3v) is 5.79. The molecule has 1 aliphatic heterocycles. The zero-order chi connectivity index (χ0) is 23.1. The Morgan fingerprint density at radius 1 is 1.03 bits per heavy atom. The zero-order valence-electron chi connectivity index (χ0n) is 19.0. The Hall–Kier alpha value is -2.93. The molecule has 1 N–H and O–H groups in total. The molecule has 0 aromatic heterocycles. The number of para-hydroxylation sites is 1. The van der Waals surface area contributed by atoms with Crippen LogP contribution in [0.25, 0.3) is 0 Å². The second-order valence-corrected chi connectivity index (χ2v) is 8.48. The minimum atomic E-state index is -0.615. The molecule has 3 rings (SSSR count). The molecule has 1 heterocycles. The molecule has 1 atom stereocenters. The van der Waals surface area contributed by atoms with Crippen molar-refractivity contribution in [1.82, 2.24) is 15.1 Å². The Balaban J connectivity index is 1.63. The number of carbonyl (C=O) groups is 2. The molecule has 172 valence electrons. The van der Waals surface area contributed by atoms with E-state index in [1.54, 1.807) is 36.4 Å². The zero-order valence-corrected chi connectivity index (χ0v) is 19.0. The minimum absolute atomic E-state index is 0.0558. The molecule has 0 saturated carbocycles. The van der Waals surface area contributed by atoms with Crippen molar-refractivity contribution in [2.45, 2.75) is 32.9 Å². The average molecular weight is 442 g/mol. The number of halogens is 1. The van der Waals surface area contributed by atoms with Crippen molar-refractivity contribution in [2.24, 2.45) is 5.92 Å². The Morgan fingerprint density at radius 2 is 1.75 bits per heavy atom. The van der Waals surface area contributed by atoms with Gasteiger partial charge in [0.05, 0.1) is 12.7 Å². The summed E-state index contributed by atoms with van der Waals surface area (Å²) < 4.78 is 18.4. The van der Waals surface area contributed by atoms with Crippen molar-refractivity contribution in [3.05, 3.63) is 65.5 Å². The number of methoxy groups -OCH3 is 1. The molecule has 1 saturated heterocycles. The summed E-state index contributed by atoms with van der Waals surface area (Å²) in [6.45, 7) is 7.42. The topological polar surface area (TPSA) is 61.9 Å².